The Bertz CT molecular complexity index is 1310. The number of nitrogens with zero attached hydrogens (tertiary/aromatic N) is 3. The van der Waals surface area contributed by atoms with E-state index in [1.54, 1.807) is 0 Å². The monoisotopic (exact) mass is 449 g/mol. The first-order chi connectivity index (χ1) is 16.3. The number of carbonyl (C=O) groups excluding carboxylic acids is 1. The number of Topliss-reactive ketones (excluding diaryl/α,β-unsaturated/α-hetero) is 1. The van der Waals surface area contributed by atoms with E-state index in [-0.39, 0.29) is 23.2 Å². The molecule has 0 saturated carbocycles. The van der Waals surface area contributed by atoms with Crippen molar-refractivity contribution >= 4 is 5.78 Å². The molecule has 2 aliphatic carbocycles. The molecule has 0 N–H and O–H groups in total. The van der Waals surface area contributed by atoms with Crippen LogP contribution in [-0.2, 0) is 23.2 Å². The summed E-state index contributed by atoms with van der Waals surface area (Å²) in [6.07, 6.45) is 3.70. The highest BCUT2D eigenvalue weighted by atomic mass is 16.1. The third kappa shape index (κ3) is 3.51. The van der Waals surface area contributed by atoms with E-state index >= 15 is 0 Å². The van der Waals surface area contributed by atoms with Crippen LogP contribution in [0.15, 0.2) is 66.2 Å². The Labute approximate surface area is 202 Å². The van der Waals surface area contributed by atoms with E-state index in [0.29, 0.717) is 5.92 Å². The second-order valence-corrected chi connectivity index (χ2v) is 10.3. The molecule has 0 amide bonds. The zero-order valence-corrected chi connectivity index (χ0v) is 20.4. The van der Waals surface area contributed by atoms with Gasteiger partial charge in [0.1, 0.15) is 11.9 Å². The lowest BCUT2D eigenvalue weighted by atomic mass is 9.58. The first kappa shape index (κ1) is 22.3. The van der Waals surface area contributed by atoms with Crippen molar-refractivity contribution in [2.75, 3.05) is 0 Å². The molecule has 2 aromatic carbocycles. The second kappa shape index (κ2) is 8.40. The predicted molar refractivity (Wildman–Crippen MR) is 134 cm³/mol. The van der Waals surface area contributed by atoms with Gasteiger partial charge in [-0.25, -0.2) is 4.98 Å². The number of hydrogen-bond donors (Lipinski definition) is 0. The normalized spacial score (nSPS) is 23.8. The van der Waals surface area contributed by atoms with Gasteiger partial charge in [-0.1, -0.05) is 88.4 Å². The summed E-state index contributed by atoms with van der Waals surface area (Å²) in [5, 5.41) is 9.67. The van der Waals surface area contributed by atoms with Gasteiger partial charge in [-0.2, -0.15) is 5.26 Å². The molecule has 1 heterocycles. The number of hydrogen-bond acceptors (Lipinski definition) is 3. The molecule has 3 atom stereocenters. The van der Waals surface area contributed by atoms with E-state index in [0.717, 1.165) is 36.5 Å². The minimum Gasteiger partial charge on any atom is -0.323 e. The summed E-state index contributed by atoms with van der Waals surface area (Å²) >= 11 is 0. The SMILES string of the molecule is CC(C)c1ccc(-c2nc3c(n2Cc2ccccc2)CC[C@@H]2[C@@H](C)C(=O)C(C#N)=C[C@@]32C)cc1. The number of fused-ring (bicyclic) bond motifs is 3. The highest BCUT2D eigenvalue weighted by Crippen LogP contribution is 2.50. The fourth-order valence-electron chi connectivity index (χ4n) is 5.94. The molecule has 0 radical (unpaired) electrons. The molecular formula is C30H31N3O. The van der Waals surface area contributed by atoms with Crippen LogP contribution in [0.25, 0.3) is 11.4 Å². The van der Waals surface area contributed by atoms with Crippen molar-refractivity contribution in [3.05, 3.63) is 88.8 Å². The van der Waals surface area contributed by atoms with Gasteiger partial charge in [-0.3, -0.25) is 4.79 Å². The molecule has 3 aromatic rings. The van der Waals surface area contributed by atoms with Crippen molar-refractivity contribution < 1.29 is 4.79 Å². The van der Waals surface area contributed by atoms with Gasteiger partial charge in [-0.05, 0) is 35.8 Å². The first-order valence-corrected chi connectivity index (χ1v) is 12.2. The van der Waals surface area contributed by atoms with Crippen molar-refractivity contribution in [2.45, 2.75) is 58.4 Å². The first-order valence-electron chi connectivity index (χ1n) is 12.2. The highest BCUT2D eigenvalue weighted by Gasteiger charge is 2.50. The summed E-state index contributed by atoms with van der Waals surface area (Å²) in [7, 11) is 0. The predicted octanol–water partition coefficient (Wildman–Crippen LogP) is 6.21. The van der Waals surface area contributed by atoms with Crippen molar-refractivity contribution in [3.8, 4) is 17.5 Å². The number of aromatic nitrogens is 2. The number of carbonyl (C=O) groups is 1. The Morgan fingerprint density at radius 1 is 1.15 bits per heavy atom. The van der Waals surface area contributed by atoms with E-state index in [9.17, 15) is 10.1 Å². The van der Waals surface area contributed by atoms with Gasteiger partial charge in [0.25, 0.3) is 0 Å². The molecule has 4 nitrogen and oxygen atoms in total. The quantitative estimate of drug-likeness (QED) is 0.476. The summed E-state index contributed by atoms with van der Waals surface area (Å²) in [5.74, 6) is 1.39. The van der Waals surface area contributed by atoms with Gasteiger partial charge in [-0.15, -0.1) is 0 Å². The second-order valence-electron chi connectivity index (χ2n) is 10.3. The molecule has 2 aliphatic rings. The van der Waals surface area contributed by atoms with Crippen LogP contribution in [0.5, 0.6) is 0 Å². The Morgan fingerprint density at radius 3 is 2.50 bits per heavy atom. The minimum absolute atomic E-state index is 0.0263. The zero-order chi connectivity index (χ0) is 24.0. The molecule has 0 spiro atoms. The van der Waals surface area contributed by atoms with Gasteiger partial charge in [0, 0.05) is 29.1 Å². The summed E-state index contributed by atoms with van der Waals surface area (Å²) in [6, 6.07) is 21.4. The minimum atomic E-state index is -0.430. The van der Waals surface area contributed by atoms with Crippen LogP contribution < -0.4 is 0 Å². The van der Waals surface area contributed by atoms with Crippen LogP contribution >= 0.6 is 0 Å². The highest BCUT2D eigenvalue weighted by molar-refractivity contribution is 6.02. The average molecular weight is 450 g/mol. The van der Waals surface area contributed by atoms with Crippen molar-refractivity contribution in [1.29, 1.82) is 5.26 Å². The smallest absolute Gasteiger partial charge is 0.176 e. The standard InChI is InChI=1S/C30H31N3O/c1-19(2)22-10-12-23(13-11-22)29-32-28-26(33(29)18-21-8-6-5-7-9-21)15-14-25-20(3)27(34)24(17-31)16-30(25,28)4/h5-13,16,19-20,25H,14-15,18H2,1-4H3/t20-,25-,30-/m1/s1. The number of allylic oxidation sites excluding steroid dienone is 2. The van der Waals surface area contributed by atoms with Gasteiger partial charge in [0.15, 0.2) is 5.78 Å². The summed E-state index contributed by atoms with van der Waals surface area (Å²) in [5.41, 5.74) is 5.73. The van der Waals surface area contributed by atoms with E-state index in [1.165, 1.54) is 16.8 Å². The Kier molecular flexibility index (Phi) is 5.52. The molecule has 5 rings (SSSR count). The molecule has 0 saturated heterocycles. The molecule has 1 aromatic heterocycles. The molecule has 0 bridgehead atoms. The molecule has 0 fully saturated rings. The Balaban J connectivity index is 1.70. The lowest BCUT2D eigenvalue weighted by molar-refractivity contribution is -0.121. The number of rotatable bonds is 4. The molecule has 0 aliphatic heterocycles. The maximum Gasteiger partial charge on any atom is 0.176 e. The lowest BCUT2D eigenvalue weighted by Crippen LogP contribution is -2.45. The summed E-state index contributed by atoms with van der Waals surface area (Å²) in [4.78, 5) is 18.0. The largest absolute Gasteiger partial charge is 0.323 e. The van der Waals surface area contributed by atoms with Crippen LogP contribution in [0, 0.1) is 23.2 Å². The topological polar surface area (TPSA) is 58.7 Å². The fourth-order valence-corrected chi connectivity index (χ4v) is 5.94. The average Bonchev–Trinajstić information content (AvgIpc) is 3.21. The molecule has 0 unspecified atom stereocenters. The van der Waals surface area contributed by atoms with Gasteiger partial charge < -0.3 is 4.57 Å². The maximum absolute atomic E-state index is 12.8. The van der Waals surface area contributed by atoms with E-state index < -0.39 is 5.41 Å². The lowest BCUT2D eigenvalue weighted by Gasteiger charge is -2.44. The van der Waals surface area contributed by atoms with E-state index in [2.05, 4.69) is 79.9 Å². The van der Waals surface area contributed by atoms with E-state index in [1.807, 2.05) is 19.1 Å². The van der Waals surface area contributed by atoms with Crippen molar-refractivity contribution in [1.82, 2.24) is 9.55 Å². The number of imidazole rings is 1. The third-order valence-corrected chi connectivity index (χ3v) is 7.91. The number of nitriles is 1. The van der Waals surface area contributed by atoms with Gasteiger partial charge in [0.05, 0.1) is 11.3 Å². The van der Waals surface area contributed by atoms with E-state index in [4.69, 9.17) is 4.98 Å². The molecule has 4 heteroatoms. The number of ketones is 1. The van der Waals surface area contributed by atoms with Crippen LogP contribution in [0.4, 0.5) is 0 Å². The van der Waals surface area contributed by atoms with Gasteiger partial charge >= 0.3 is 0 Å². The molecular weight excluding hydrogens is 418 g/mol. The Hall–Kier alpha value is -3.45. The van der Waals surface area contributed by atoms with Gasteiger partial charge in [0.2, 0.25) is 0 Å². The Morgan fingerprint density at radius 2 is 1.85 bits per heavy atom. The van der Waals surface area contributed by atoms with Crippen molar-refractivity contribution in [2.24, 2.45) is 11.8 Å². The maximum atomic E-state index is 12.8. The van der Waals surface area contributed by atoms with Crippen LogP contribution in [0.2, 0.25) is 0 Å². The summed E-state index contributed by atoms with van der Waals surface area (Å²) < 4.78 is 2.36. The third-order valence-electron chi connectivity index (χ3n) is 7.91. The zero-order valence-electron chi connectivity index (χ0n) is 20.4. The fraction of sp³-hybridized carbons (Fsp3) is 0.367. The molecule has 34 heavy (non-hydrogen) atoms. The molecule has 172 valence electrons. The van der Waals surface area contributed by atoms with Crippen molar-refractivity contribution in [3.63, 3.8) is 0 Å². The van der Waals surface area contributed by atoms with Crippen LogP contribution in [0.1, 0.15) is 62.5 Å². The van der Waals surface area contributed by atoms with Crippen LogP contribution in [-0.4, -0.2) is 15.3 Å². The number of benzene rings is 2. The van der Waals surface area contributed by atoms with Crippen LogP contribution in [0.3, 0.4) is 0 Å². The summed E-state index contributed by atoms with van der Waals surface area (Å²) in [6.45, 7) is 9.30.